The molecule has 0 fully saturated rings. The lowest BCUT2D eigenvalue weighted by Gasteiger charge is -2.26. The van der Waals surface area contributed by atoms with Gasteiger partial charge in [-0.25, -0.2) is 14.5 Å². The van der Waals surface area contributed by atoms with Gasteiger partial charge in [0.25, 0.3) is 16.3 Å². The Morgan fingerprint density at radius 3 is 2.69 bits per heavy atom. The number of nitrogens with zero attached hydrogens (tertiary/aromatic N) is 5. The number of carbonyl (C=O) groups is 1. The number of aromatic nitrogens is 5. The quantitative estimate of drug-likeness (QED) is 0.459. The predicted octanol–water partition coefficient (Wildman–Crippen LogP) is 0.569. The van der Waals surface area contributed by atoms with Crippen LogP contribution in [0, 0.1) is 0 Å². The number of hydrogen-bond donors (Lipinski definition) is 1. The molecule has 12 heteroatoms. The van der Waals surface area contributed by atoms with Crippen LogP contribution in [0.5, 0.6) is 0 Å². The SMILES string of the molecule is CCOC(=O)c1nc2cc(Cn3cc(C(O)(CC)C(F)(F)F)nn3)ccn2[c]1[AlH2]. The van der Waals surface area contributed by atoms with Crippen LogP contribution in [-0.2, 0) is 16.9 Å². The van der Waals surface area contributed by atoms with Gasteiger partial charge in [-0.15, -0.1) is 5.10 Å². The maximum atomic E-state index is 13.2. The molecular weight excluding hydrogens is 406 g/mol. The Hall–Kier alpha value is -2.42. The molecule has 8 nitrogen and oxygen atoms in total. The smallest absolute Gasteiger partial charge is 0.423 e. The van der Waals surface area contributed by atoms with Crippen molar-refractivity contribution < 1.29 is 27.8 Å². The summed E-state index contributed by atoms with van der Waals surface area (Å²) in [6.07, 6.45) is -2.62. The Bertz CT molecular complexity index is 1050. The maximum Gasteiger partial charge on any atom is 0.423 e. The van der Waals surface area contributed by atoms with Crippen molar-refractivity contribution in [3.05, 3.63) is 41.5 Å². The third-order valence-electron chi connectivity index (χ3n) is 4.69. The maximum absolute atomic E-state index is 13.2. The second-order valence-electron chi connectivity index (χ2n) is 6.54. The largest absolute Gasteiger partial charge is 0.461 e. The van der Waals surface area contributed by atoms with Crippen molar-refractivity contribution in [2.75, 3.05) is 6.61 Å². The summed E-state index contributed by atoms with van der Waals surface area (Å²) in [4.78, 5) is 16.3. The summed E-state index contributed by atoms with van der Waals surface area (Å²) in [5.74, 6) is -0.491. The highest BCUT2D eigenvalue weighted by atomic mass is 27.0. The molecule has 0 aliphatic heterocycles. The number of pyridine rings is 1. The van der Waals surface area contributed by atoms with Gasteiger partial charge in [0.05, 0.1) is 19.3 Å². The van der Waals surface area contributed by atoms with E-state index in [4.69, 9.17) is 4.74 Å². The Labute approximate surface area is 171 Å². The van der Waals surface area contributed by atoms with E-state index < -0.39 is 29.9 Å². The molecule has 0 aliphatic rings. The highest BCUT2D eigenvalue weighted by Crippen LogP contribution is 2.40. The van der Waals surface area contributed by atoms with Crippen molar-refractivity contribution in [1.82, 2.24) is 24.4 Å². The Morgan fingerprint density at radius 2 is 2.07 bits per heavy atom. The van der Waals surface area contributed by atoms with Gasteiger partial charge in [-0.3, -0.25) is 0 Å². The standard InChI is InChI=1S/C17H17F3N5O3.Al.2H/c1-3-16(27,17(18,19)20)13-10-25(23-22-13)8-11-5-6-24-9-12(15(26)28-4-2)21-14(24)7-11;;;/h5-7,10,27H,3-4,8H2,1-2H3;;;. The van der Waals surface area contributed by atoms with Crippen LogP contribution in [0.25, 0.3) is 5.65 Å². The van der Waals surface area contributed by atoms with Crippen LogP contribution in [0.15, 0.2) is 24.5 Å². The molecule has 3 aromatic rings. The van der Waals surface area contributed by atoms with Crippen molar-refractivity contribution in [3.63, 3.8) is 0 Å². The van der Waals surface area contributed by atoms with Crippen molar-refractivity contribution in [2.24, 2.45) is 0 Å². The minimum atomic E-state index is -4.86. The first kappa shape index (κ1) is 21.3. The van der Waals surface area contributed by atoms with Crippen LogP contribution in [0.4, 0.5) is 13.2 Å². The average molecular weight is 425 g/mol. The van der Waals surface area contributed by atoms with Crippen LogP contribution in [0.2, 0.25) is 0 Å². The van der Waals surface area contributed by atoms with E-state index in [1.165, 1.54) is 11.6 Å². The fourth-order valence-electron chi connectivity index (χ4n) is 2.98. The van der Waals surface area contributed by atoms with Crippen LogP contribution >= 0.6 is 0 Å². The van der Waals surface area contributed by atoms with Gasteiger partial charge in [0.1, 0.15) is 11.3 Å². The van der Waals surface area contributed by atoms with E-state index in [9.17, 15) is 23.1 Å². The Kier molecular flexibility index (Phi) is 5.71. The monoisotopic (exact) mass is 425 g/mol. The molecule has 0 saturated heterocycles. The van der Waals surface area contributed by atoms with E-state index >= 15 is 0 Å². The molecule has 0 amide bonds. The minimum Gasteiger partial charge on any atom is -0.461 e. The summed E-state index contributed by atoms with van der Waals surface area (Å²) in [5, 5.41) is 17.2. The molecule has 3 aromatic heterocycles. The van der Waals surface area contributed by atoms with Crippen LogP contribution in [-0.4, -0.2) is 64.5 Å². The molecule has 3 heterocycles. The average Bonchev–Trinajstić information content (AvgIpc) is 3.25. The summed E-state index contributed by atoms with van der Waals surface area (Å²) in [6, 6.07) is 3.46. The molecule has 0 bridgehead atoms. The number of ether oxygens (including phenoxy) is 1. The third kappa shape index (κ3) is 3.88. The van der Waals surface area contributed by atoms with Gasteiger partial charge in [0, 0.05) is 6.20 Å². The topological polar surface area (TPSA) is 94.5 Å². The predicted molar refractivity (Wildman–Crippen MR) is 98.7 cm³/mol. The molecular formula is C17H19AlF3N5O3. The number of esters is 1. The minimum absolute atomic E-state index is 0.124. The highest BCUT2D eigenvalue weighted by Gasteiger charge is 2.55. The van der Waals surface area contributed by atoms with E-state index in [0.717, 1.165) is 10.8 Å². The molecule has 3 rings (SSSR count). The van der Waals surface area contributed by atoms with E-state index in [-0.39, 0.29) is 18.8 Å². The summed E-state index contributed by atoms with van der Waals surface area (Å²) >= 11 is 0.572. The molecule has 0 aliphatic carbocycles. The van der Waals surface area contributed by atoms with Gasteiger partial charge in [-0.2, -0.15) is 13.2 Å². The van der Waals surface area contributed by atoms with Crippen molar-refractivity contribution in [2.45, 2.75) is 38.6 Å². The van der Waals surface area contributed by atoms with Crippen LogP contribution < -0.4 is 4.56 Å². The van der Waals surface area contributed by atoms with Crippen molar-refractivity contribution >= 4 is 32.5 Å². The first-order valence-corrected chi connectivity index (χ1v) is 9.95. The molecule has 0 saturated carbocycles. The summed E-state index contributed by atoms with van der Waals surface area (Å²) in [6.45, 7) is 3.31. The molecule has 154 valence electrons. The van der Waals surface area contributed by atoms with Crippen LogP contribution in [0.1, 0.15) is 42.0 Å². The van der Waals surface area contributed by atoms with Gasteiger partial charge in [0.2, 0.25) is 5.60 Å². The number of imidazole rings is 1. The number of carbonyl (C=O) groups excluding carboxylic acids is 1. The zero-order chi connectivity index (χ0) is 21.4. The lowest BCUT2D eigenvalue weighted by Crippen LogP contribution is -2.42. The third-order valence-corrected chi connectivity index (χ3v) is 5.64. The van der Waals surface area contributed by atoms with Gasteiger partial charge in [0.15, 0.2) is 5.69 Å². The zero-order valence-corrected chi connectivity index (χ0v) is 18.1. The number of alkyl halides is 3. The molecule has 1 unspecified atom stereocenters. The van der Waals surface area contributed by atoms with E-state index in [1.54, 1.807) is 29.7 Å². The highest BCUT2D eigenvalue weighted by molar-refractivity contribution is 6.35. The first-order valence-electron chi connectivity index (χ1n) is 8.95. The van der Waals surface area contributed by atoms with Crippen LogP contribution in [0.3, 0.4) is 0 Å². The number of aliphatic hydroxyl groups is 1. The number of rotatable bonds is 6. The molecule has 0 radical (unpaired) electrons. The molecule has 0 spiro atoms. The zero-order valence-electron chi connectivity index (χ0n) is 16.1. The Balaban J connectivity index is 1.88. The number of halogens is 3. The Morgan fingerprint density at radius 1 is 1.34 bits per heavy atom. The normalized spacial score (nSPS) is 14.1. The van der Waals surface area contributed by atoms with Gasteiger partial charge >= 0.3 is 12.1 Å². The van der Waals surface area contributed by atoms with Gasteiger partial charge < -0.3 is 14.2 Å². The lowest BCUT2D eigenvalue weighted by atomic mass is 9.96. The molecule has 0 aromatic carbocycles. The first-order chi connectivity index (χ1) is 13.6. The fourth-order valence-corrected chi connectivity index (χ4v) is 3.67. The molecule has 1 N–H and O–H groups in total. The lowest BCUT2D eigenvalue weighted by molar-refractivity contribution is -0.269. The van der Waals surface area contributed by atoms with Crippen molar-refractivity contribution in [3.8, 4) is 0 Å². The van der Waals surface area contributed by atoms with Gasteiger partial charge in [-0.05, 0) is 35.6 Å². The second-order valence-corrected chi connectivity index (χ2v) is 7.49. The van der Waals surface area contributed by atoms with Crippen molar-refractivity contribution in [1.29, 1.82) is 0 Å². The summed E-state index contributed by atoms with van der Waals surface area (Å²) < 4.78 is 48.3. The number of hydrogen-bond acceptors (Lipinski definition) is 6. The molecule has 29 heavy (non-hydrogen) atoms. The van der Waals surface area contributed by atoms with E-state index in [1.807, 2.05) is 0 Å². The summed E-state index contributed by atoms with van der Waals surface area (Å²) in [7, 11) is 0. The summed E-state index contributed by atoms with van der Waals surface area (Å²) in [5.41, 5.74) is -2.12. The number of fused-ring (bicyclic) bond motifs is 1. The molecule has 1 atom stereocenters. The van der Waals surface area contributed by atoms with E-state index in [2.05, 4.69) is 15.3 Å². The second kappa shape index (κ2) is 7.78. The van der Waals surface area contributed by atoms with Gasteiger partial charge in [-0.1, -0.05) is 12.1 Å². The van der Waals surface area contributed by atoms with E-state index in [0.29, 0.717) is 27.5 Å². The fraction of sp³-hybridized carbons (Fsp3) is 0.412.